The van der Waals surface area contributed by atoms with Gasteiger partial charge in [0.2, 0.25) is 5.91 Å². The van der Waals surface area contributed by atoms with Crippen molar-refractivity contribution in [2.45, 2.75) is 38.3 Å². The van der Waals surface area contributed by atoms with E-state index < -0.39 is 0 Å². The van der Waals surface area contributed by atoms with Crippen LogP contribution in [0.25, 0.3) is 0 Å². The fraction of sp³-hybridized carbons (Fsp3) is 0.917. The van der Waals surface area contributed by atoms with Gasteiger partial charge in [-0.1, -0.05) is 6.92 Å². The summed E-state index contributed by atoms with van der Waals surface area (Å²) in [7, 11) is 0. The zero-order valence-corrected chi connectivity index (χ0v) is 9.79. The molecule has 3 rings (SSSR count). The van der Waals surface area contributed by atoms with E-state index in [2.05, 4.69) is 17.6 Å². The number of hydrogen-bond donors (Lipinski definition) is 2. The van der Waals surface area contributed by atoms with Gasteiger partial charge in [-0.05, 0) is 19.3 Å². The zero-order valence-electron chi connectivity index (χ0n) is 9.79. The molecule has 16 heavy (non-hydrogen) atoms. The number of amides is 1. The first-order valence-electron chi connectivity index (χ1n) is 6.28. The van der Waals surface area contributed by atoms with E-state index in [9.17, 15) is 4.79 Å². The minimum Gasteiger partial charge on any atom is -0.380 e. The number of carbonyl (C=O) groups excluding carboxylic acids is 1. The smallest absolute Gasteiger partial charge is 0.224 e. The number of nitrogens with one attached hydrogen (secondary N) is 2. The normalized spacial score (nSPS) is 39.4. The molecule has 3 atom stereocenters. The van der Waals surface area contributed by atoms with E-state index in [0.29, 0.717) is 12.1 Å². The topological polar surface area (TPSA) is 50.4 Å². The minimum atomic E-state index is 0.181. The molecular formula is C12H20N2O2. The van der Waals surface area contributed by atoms with Crippen molar-refractivity contribution in [3.63, 3.8) is 0 Å². The fourth-order valence-corrected chi connectivity index (χ4v) is 3.10. The average molecular weight is 224 g/mol. The molecule has 0 radical (unpaired) electrons. The number of hydrogen-bond acceptors (Lipinski definition) is 3. The number of ether oxygens (including phenoxy) is 1. The van der Waals surface area contributed by atoms with Crippen molar-refractivity contribution in [3.8, 4) is 0 Å². The first-order valence-corrected chi connectivity index (χ1v) is 6.28. The highest BCUT2D eigenvalue weighted by Gasteiger charge is 2.43. The third-order valence-electron chi connectivity index (χ3n) is 4.23. The molecule has 1 amide bonds. The van der Waals surface area contributed by atoms with Crippen LogP contribution < -0.4 is 10.6 Å². The van der Waals surface area contributed by atoms with Gasteiger partial charge in [0.05, 0.1) is 19.1 Å². The summed E-state index contributed by atoms with van der Waals surface area (Å²) < 4.78 is 5.18. The van der Waals surface area contributed by atoms with Crippen molar-refractivity contribution < 1.29 is 9.53 Å². The summed E-state index contributed by atoms with van der Waals surface area (Å²) in [6.45, 7) is 4.49. The Labute approximate surface area is 96.1 Å². The Morgan fingerprint density at radius 1 is 1.50 bits per heavy atom. The van der Waals surface area contributed by atoms with E-state index in [4.69, 9.17) is 4.74 Å². The van der Waals surface area contributed by atoms with E-state index >= 15 is 0 Å². The molecular weight excluding hydrogens is 204 g/mol. The van der Waals surface area contributed by atoms with E-state index in [1.54, 1.807) is 0 Å². The molecule has 0 spiro atoms. The number of rotatable bonds is 3. The maximum absolute atomic E-state index is 12.0. The molecule has 90 valence electrons. The monoisotopic (exact) mass is 224 g/mol. The lowest BCUT2D eigenvalue weighted by atomic mass is 9.86. The van der Waals surface area contributed by atoms with Gasteiger partial charge in [0.25, 0.3) is 0 Å². The molecule has 0 aromatic rings. The van der Waals surface area contributed by atoms with Gasteiger partial charge < -0.3 is 15.4 Å². The summed E-state index contributed by atoms with van der Waals surface area (Å²) in [6, 6.07) is 1.04. The SMILES string of the molecule is CC1(CNC(=O)C2CC3CCC2N3)COC1. The number of carbonyl (C=O) groups is 1. The second kappa shape index (κ2) is 3.70. The van der Waals surface area contributed by atoms with Crippen LogP contribution in [0, 0.1) is 11.3 Å². The summed E-state index contributed by atoms with van der Waals surface area (Å²) in [5.74, 6) is 0.455. The Bertz CT molecular complexity index is 301. The predicted octanol–water partition coefficient (Wildman–Crippen LogP) is 0.280. The lowest BCUT2D eigenvalue weighted by Gasteiger charge is -2.38. The Morgan fingerprint density at radius 3 is 2.81 bits per heavy atom. The predicted molar refractivity (Wildman–Crippen MR) is 60.0 cm³/mol. The summed E-state index contributed by atoms with van der Waals surface area (Å²) in [5.41, 5.74) is 0.181. The van der Waals surface area contributed by atoms with E-state index in [-0.39, 0.29) is 17.2 Å². The van der Waals surface area contributed by atoms with Crippen LogP contribution in [-0.2, 0) is 9.53 Å². The fourth-order valence-electron chi connectivity index (χ4n) is 3.10. The third-order valence-corrected chi connectivity index (χ3v) is 4.23. The molecule has 2 bridgehead atoms. The molecule has 0 saturated carbocycles. The zero-order chi connectivity index (χ0) is 11.2. The van der Waals surface area contributed by atoms with Crippen LogP contribution in [0.2, 0.25) is 0 Å². The van der Waals surface area contributed by atoms with Gasteiger partial charge in [-0.25, -0.2) is 0 Å². The van der Waals surface area contributed by atoms with Gasteiger partial charge in [-0.15, -0.1) is 0 Å². The molecule has 3 aliphatic rings. The molecule has 0 aromatic heterocycles. The largest absolute Gasteiger partial charge is 0.380 e. The first kappa shape index (κ1) is 10.5. The van der Waals surface area contributed by atoms with Gasteiger partial charge in [0.1, 0.15) is 0 Å². The molecule has 4 nitrogen and oxygen atoms in total. The summed E-state index contributed by atoms with van der Waals surface area (Å²) in [6.07, 6.45) is 3.45. The Balaban J connectivity index is 1.50. The molecule has 2 N–H and O–H groups in total. The highest BCUT2D eigenvalue weighted by atomic mass is 16.5. The third kappa shape index (κ3) is 1.74. The Kier molecular flexibility index (Phi) is 2.44. The second-order valence-electron chi connectivity index (χ2n) is 5.91. The van der Waals surface area contributed by atoms with E-state index in [1.807, 2.05) is 0 Å². The summed E-state index contributed by atoms with van der Waals surface area (Å²) in [5, 5.41) is 6.59. The summed E-state index contributed by atoms with van der Waals surface area (Å²) in [4.78, 5) is 12.0. The Hall–Kier alpha value is -0.610. The molecule has 3 heterocycles. The average Bonchev–Trinajstić information content (AvgIpc) is 2.84. The van der Waals surface area contributed by atoms with Crippen molar-refractivity contribution in [2.24, 2.45) is 11.3 Å². The first-order chi connectivity index (χ1) is 7.66. The summed E-state index contributed by atoms with van der Waals surface area (Å²) >= 11 is 0. The quantitative estimate of drug-likeness (QED) is 0.724. The van der Waals surface area contributed by atoms with Crippen LogP contribution in [-0.4, -0.2) is 37.7 Å². The van der Waals surface area contributed by atoms with Crippen LogP contribution >= 0.6 is 0 Å². The van der Waals surface area contributed by atoms with Gasteiger partial charge in [-0.2, -0.15) is 0 Å². The van der Waals surface area contributed by atoms with Crippen LogP contribution in [0.3, 0.4) is 0 Å². The van der Waals surface area contributed by atoms with Crippen molar-refractivity contribution in [1.29, 1.82) is 0 Å². The van der Waals surface area contributed by atoms with Gasteiger partial charge in [0.15, 0.2) is 0 Å². The van der Waals surface area contributed by atoms with Gasteiger partial charge in [-0.3, -0.25) is 4.79 Å². The molecule has 3 aliphatic heterocycles. The molecule has 0 aliphatic carbocycles. The second-order valence-corrected chi connectivity index (χ2v) is 5.91. The standard InChI is InChI=1S/C12H20N2O2/c1-12(6-16-7-12)5-13-11(15)9-4-8-2-3-10(9)14-8/h8-10,14H,2-7H2,1H3,(H,13,15). The van der Waals surface area contributed by atoms with Crippen LogP contribution in [0.15, 0.2) is 0 Å². The molecule has 3 unspecified atom stereocenters. The molecule has 0 aromatic carbocycles. The van der Waals surface area contributed by atoms with Crippen molar-refractivity contribution in [3.05, 3.63) is 0 Å². The van der Waals surface area contributed by atoms with E-state index in [1.165, 1.54) is 12.8 Å². The van der Waals surface area contributed by atoms with Crippen LogP contribution in [0.5, 0.6) is 0 Å². The minimum absolute atomic E-state index is 0.181. The number of fused-ring (bicyclic) bond motifs is 2. The van der Waals surface area contributed by atoms with Gasteiger partial charge >= 0.3 is 0 Å². The van der Waals surface area contributed by atoms with Crippen molar-refractivity contribution >= 4 is 5.91 Å². The van der Waals surface area contributed by atoms with Crippen molar-refractivity contribution in [1.82, 2.24) is 10.6 Å². The maximum Gasteiger partial charge on any atom is 0.224 e. The van der Waals surface area contributed by atoms with Gasteiger partial charge in [0, 0.05) is 24.0 Å². The van der Waals surface area contributed by atoms with E-state index in [0.717, 1.165) is 26.2 Å². The lowest BCUT2D eigenvalue weighted by Crippen LogP contribution is -2.50. The lowest BCUT2D eigenvalue weighted by molar-refractivity contribution is -0.130. The molecule has 3 saturated heterocycles. The highest BCUT2D eigenvalue weighted by molar-refractivity contribution is 5.80. The molecule has 3 fully saturated rings. The Morgan fingerprint density at radius 2 is 2.31 bits per heavy atom. The van der Waals surface area contributed by atoms with Crippen LogP contribution in [0.1, 0.15) is 26.2 Å². The van der Waals surface area contributed by atoms with Crippen molar-refractivity contribution in [2.75, 3.05) is 19.8 Å². The molecule has 4 heteroatoms. The van der Waals surface area contributed by atoms with Crippen LogP contribution in [0.4, 0.5) is 0 Å². The maximum atomic E-state index is 12.0. The highest BCUT2D eigenvalue weighted by Crippen LogP contribution is 2.33.